The van der Waals surface area contributed by atoms with Gasteiger partial charge in [-0.3, -0.25) is 4.98 Å². The summed E-state index contributed by atoms with van der Waals surface area (Å²) in [6, 6.07) is 0. The maximum atomic E-state index is 4.57. The SMILES string of the molecule is C=Cc1c(C)nc(C)c(C=C)c1CCCN(C)C. The minimum Gasteiger partial charge on any atom is -0.309 e. The number of hydrogen-bond donors (Lipinski definition) is 0. The number of pyridine rings is 1. The van der Waals surface area contributed by atoms with Crippen LogP contribution in [0.5, 0.6) is 0 Å². The zero-order valence-corrected chi connectivity index (χ0v) is 12.1. The van der Waals surface area contributed by atoms with Gasteiger partial charge in [0.05, 0.1) is 0 Å². The van der Waals surface area contributed by atoms with Crippen molar-refractivity contribution in [3.63, 3.8) is 0 Å². The van der Waals surface area contributed by atoms with E-state index < -0.39 is 0 Å². The molecular formula is C16H24N2. The molecule has 1 rings (SSSR count). The molecule has 98 valence electrons. The molecule has 1 aromatic rings. The fraction of sp³-hybridized carbons (Fsp3) is 0.438. The summed E-state index contributed by atoms with van der Waals surface area (Å²) in [5.74, 6) is 0. The predicted molar refractivity (Wildman–Crippen MR) is 80.8 cm³/mol. The van der Waals surface area contributed by atoms with Gasteiger partial charge in [-0.25, -0.2) is 0 Å². The normalized spacial score (nSPS) is 10.7. The summed E-state index contributed by atoms with van der Waals surface area (Å²) in [5.41, 5.74) is 5.82. The molecule has 0 saturated carbocycles. The van der Waals surface area contributed by atoms with E-state index in [4.69, 9.17) is 0 Å². The lowest BCUT2D eigenvalue weighted by Gasteiger charge is -2.16. The van der Waals surface area contributed by atoms with E-state index in [-0.39, 0.29) is 0 Å². The first-order valence-corrected chi connectivity index (χ1v) is 6.41. The van der Waals surface area contributed by atoms with E-state index in [2.05, 4.69) is 37.1 Å². The van der Waals surface area contributed by atoms with Crippen LogP contribution in [0, 0.1) is 13.8 Å². The fourth-order valence-corrected chi connectivity index (χ4v) is 2.34. The molecule has 1 heterocycles. The van der Waals surface area contributed by atoms with Gasteiger partial charge >= 0.3 is 0 Å². The number of rotatable bonds is 6. The Morgan fingerprint density at radius 1 is 1.06 bits per heavy atom. The Labute approximate surface area is 111 Å². The standard InChI is InChI=1S/C16H24N2/c1-7-14-12(3)17-13(4)15(8-2)16(14)10-9-11-18(5)6/h7-8H,1-2,9-11H2,3-6H3. The molecule has 0 aliphatic carbocycles. The molecule has 2 nitrogen and oxygen atoms in total. The van der Waals surface area contributed by atoms with Crippen molar-refractivity contribution in [1.82, 2.24) is 9.88 Å². The monoisotopic (exact) mass is 244 g/mol. The first-order valence-electron chi connectivity index (χ1n) is 6.41. The van der Waals surface area contributed by atoms with Gasteiger partial charge in [-0.1, -0.05) is 25.3 Å². The summed E-state index contributed by atoms with van der Waals surface area (Å²) in [5, 5.41) is 0. The number of hydrogen-bond acceptors (Lipinski definition) is 2. The van der Waals surface area contributed by atoms with Crippen molar-refractivity contribution >= 4 is 12.2 Å². The summed E-state index contributed by atoms with van der Waals surface area (Å²) < 4.78 is 0. The Morgan fingerprint density at radius 2 is 1.56 bits per heavy atom. The zero-order valence-electron chi connectivity index (χ0n) is 12.1. The topological polar surface area (TPSA) is 16.1 Å². The van der Waals surface area contributed by atoms with Crippen LogP contribution in [0.1, 0.15) is 34.5 Å². The summed E-state index contributed by atoms with van der Waals surface area (Å²) in [6.45, 7) is 13.0. The molecule has 0 N–H and O–H groups in total. The Balaban J connectivity index is 3.12. The van der Waals surface area contributed by atoms with Crippen LogP contribution < -0.4 is 0 Å². The number of aryl methyl sites for hydroxylation is 2. The molecule has 0 bridgehead atoms. The molecule has 1 aromatic heterocycles. The first kappa shape index (κ1) is 14.7. The van der Waals surface area contributed by atoms with Crippen molar-refractivity contribution in [2.75, 3.05) is 20.6 Å². The molecule has 2 heteroatoms. The lowest BCUT2D eigenvalue weighted by molar-refractivity contribution is 0.400. The second-order valence-corrected chi connectivity index (χ2v) is 4.90. The van der Waals surface area contributed by atoms with Gasteiger partial charge in [0, 0.05) is 11.4 Å². The van der Waals surface area contributed by atoms with Crippen molar-refractivity contribution in [2.24, 2.45) is 0 Å². The van der Waals surface area contributed by atoms with Crippen LogP contribution in [0.25, 0.3) is 12.2 Å². The van der Waals surface area contributed by atoms with E-state index in [1.165, 1.54) is 16.7 Å². The molecule has 0 fully saturated rings. The molecule has 18 heavy (non-hydrogen) atoms. The van der Waals surface area contributed by atoms with Gasteiger partial charge in [-0.05, 0) is 64.0 Å². The molecule has 0 unspecified atom stereocenters. The average molecular weight is 244 g/mol. The minimum absolute atomic E-state index is 1.05. The molecule has 0 saturated heterocycles. The highest BCUT2D eigenvalue weighted by Crippen LogP contribution is 2.24. The van der Waals surface area contributed by atoms with E-state index in [0.29, 0.717) is 0 Å². The molecule has 0 aliphatic rings. The highest BCUT2D eigenvalue weighted by atomic mass is 15.0. The second-order valence-electron chi connectivity index (χ2n) is 4.90. The van der Waals surface area contributed by atoms with Gasteiger partial charge in [0.2, 0.25) is 0 Å². The molecule has 0 radical (unpaired) electrons. The van der Waals surface area contributed by atoms with Crippen LogP contribution >= 0.6 is 0 Å². The van der Waals surface area contributed by atoms with Gasteiger partial charge < -0.3 is 4.90 Å². The second kappa shape index (κ2) is 6.50. The smallest absolute Gasteiger partial charge is 0.0451 e. The highest BCUT2D eigenvalue weighted by molar-refractivity contribution is 5.65. The van der Waals surface area contributed by atoms with Crippen molar-refractivity contribution in [3.8, 4) is 0 Å². The molecule has 0 spiro atoms. The Kier molecular flexibility index (Phi) is 5.29. The largest absolute Gasteiger partial charge is 0.309 e. The van der Waals surface area contributed by atoms with Gasteiger partial charge in [-0.2, -0.15) is 0 Å². The molecule has 0 amide bonds. The number of nitrogens with zero attached hydrogens (tertiary/aromatic N) is 2. The van der Waals surface area contributed by atoms with Gasteiger partial charge in [0.15, 0.2) is 0 Å². The lowest BCUT2D eigenvalue weighted by Crippen LogP contribution is -2.14. The van der Waals surface area contributed by atoms with E-state index in [9.17, 15) is 0 Å². The first-order chi connectivity index (χ1) is 8.51. The van der Waals surface area contributed by atoms with Crippen LogP contribution in [0.15, 0.2) is 13.2 Å². The molecule has 0 aromatic carbocycles. The third-order valence-corrected chi connectivity index (χ3v) is 3.21. The maximum Gasteiger partial charge on any atom is 0.0451 e. The Morgan fingerprint density at radius 3 is 1.94 bits per heavy atom. The molecule has 0 atom stereocenters. The van der Waals surface area contributed by atoms with E-state index in [1.807, 2.05) is 26.0 Å². The van der Waals surface area contributed by atoms with Crippen LogP contribution in [0.2, 0.25) is 0 Å². The maximum absolute atomic E-state index is 4.57. The molecular weight excluding hydrogens is 220 g/mol. The fourth-order valence-electron chi connectivity index (χ4n) is 2.34. The van der Waals surface area contributed by atoms with Crippen LogP contribution in [0.3, 0.4) is 0 Å². The summed E-state index contributed by atoms with van der Waals surface area (Å²) in [4.78, 5) is 6.78. The van der Waals surface area contributed by atoms with E-state index in [0.717, 1.165) is 30.8 Å². The molecule has 0 aliphatic heterocycles. The average Bonchev–Trinajstić information content (AvgIpc) is 2.28. The van der Waals surface area contributed by atoms with Gasteiger partial charge in [0.1, 0.15) is 0 Å². The van der Waals surface area contributed by atoms with Gasteiger partial charge in [-0.15, -0.1) is 0 Å². The summed E-state index contributed by atoms with van der Waals surface area (Å²) in [7, 11) is 4.21. The Hall–Kier alpha value is -1.41. The van der Waals surface area contributed by atoms with Crippen LogP contribution in [-0.4, -0.2) is 30.5 Å². The number of aromatic nitrogens is 1. The van der Waals surface area contributed by atoms with Crippen molar-refractivity contribution < 1.29 is 0 Å². The van der Waals surface area contributed by atoms with Crippen molar-refractivity contribution in [1.29, 1.82) is 0 Å². The summed E-state index contributed by atoms with van der Waals surface area (Å²) in [6.07, 6.45) is 6.02. The quantitative estimate of drug-likeness (QED) is 0.761. The third kappa shape index (κ3) is 3.30. The third-order valence-electron chi connectivity index (χ3n) is 3.21. The van der Waals surface area contributed by atoms with Crippen LogP contribution in [-0.2, 0) is 6.42 Å². The van der Waals surface area contributed by atoms with Crippen LogP contribution in [0.4, 0.5) is 0 Å². The van der Waals surface area contributed by atoms with E-state index in [1.54, 1.807) is 0 Å². The van der Waals surface area contributed by atoms with Crippen molar-refractivity contribution in [2.45, 2.75) is 26.7 Å². The predicted octanol–water partition coefficient (Wildman–Crippen LogP) is 3.48. The summed E-state index contributed by atoms with van der Waals surface area (Å²) >= 11 is 0. The minimum atomic E-state index is 1.05. The highest BCUT2D eigenvalue weighted by Gasteiger charge is 2.11. The van der Waals surface area contributed by atoms with E-state index >= 15 is 0 Å². The van der Waals surface area contributed by atoms with Gasteiger partial charge in [0.25, 0.3) is 0 Å². The zero-order chi connectivity index (χ0) is 13.7. The van der Waals surface area contributed by atoms with Crippen molar-refractivity contribution in [3.05, 3.63) is 41.2 Å². The lowest BCUT2D eigenvalue weighted by atomic mass is 9.95. The Bertz CT molecular complexity index is 413.